The van der Waals surface area contributed by atoms with Crippen molar-refractivity contribution in [1.29, 1.82) is 0 Å². The van der Waals surface area contributed by atoms with E-state index in [1.54, 1.807) is 55.6 Å². The fourth-order valence-corrected chi connectivity index (χ4v) is 5.31. The number of amides is 2. The Balaban J connectivity index is 1.33. The van der Waals surface area contributed by atoms with Crippen LogP contribution in [0, 0.1) is 5.82 Å². The fraction of sp³-hybridized carbons (Fsp3) is 0.214. The molecule has 0 spiro atoms. The van der Waals surface area contributed by atoms with Crippen molar-refractivity contribution in [1.82, 2.24) is 5.01 Å². The number of nitrogens with one attached hydrogen (secondary N) is 1. The van der Waals surface area contributed by atoms with Gasteiger partial charge in [-0.05, 0) is 59.7 Å². The van der Waals surface area contributed by atoms with E-state index in [1.165, 1.54) is 23.9 Å². The van der Waals surface area contributed by atoms with E-state index in [0.717, 1.165) is 22.6 Å². The van der Waals surface area contributed by atoms with Crippen LogP contribution in [0.1, 0.15) is 30.0 Å². The zero-order chi connectivity index (χ0) is 26.6. The summed E-state index contributed by atoms with van der Waals surface area (Å²) >= 11 is 1.22. The minimum Gasteiger partial charge on any atom is -0.497 e. The maximum Gasteiger partial charge on any atom is 0.262 e. The number of carbonyl (C=O) groups is 2. The first kappa shape index (κ1) is 25.5. The van der Waals surface area contributed by atoms with Crippen LogP contribution in [-0.2, 0) is 9.59 Å². The number of hydrogen-bond donors (Lipinski definition) is 1. The van der Waals surface area contributed by atoms with Crippen molar-refractivity contribution < 1.29 is 23.5 Å². The number of ether oxygens (including phenoxy) is 2. The van der Waals surface area contributed by atoms with E-state index >= 15 is 0 Å². The Bertz CT molecular complexity index is 1390. The Kier molecular flexibility index (Phi) is 7.41. The lowest BCUT2D eigenvalue weighted by atomic mass is 9.98. The Morgan fingerprint density at radius 1 is 1.00 bits per heavy atom. The van der Waals surface area contributed by atoms with Crippen molar-refractivity contribution in [2.24, 2.45) is 10.1 Å². The van der Waals surface area contributed by atoms with Gasteiger partial charge in [0, 0.05) is 18.5 Å². The minimum atomic E-state index is -0.662. The molecular formula is C28H25FN4O4S. The number of halogens is 1. The summed E-state index contributed by atoms with van der Waals surface area (Å²) in [4.78, 5) is 29.7. The second kappa shape index (κ2) is 11.1. The molecule has 2 heterocycles. The van der Waals surface area contributed by atoms with Crippen LogP contribution in [-0.4, -0.2) is 47.2 Å². The molecule has 38 heavy (non-hydrogen) atoms. The number of amidine groups is 1. The van der Waals surface area contributed by atoms with E-state index in [0.29, 0.717) is 23.0 Å². The molecule has 0 fully saturated rings. The molecule has 5 rings (SSSR count). The Morgan fingerprint density at radius 3 is 2.26 bits per heavy atom. The highest BCUT2D eigenvalue weighted by atomic mass is 32.2. The molecule has 1 N–H and O–H groups in total. The molecule has 2 atom stereocenters. The number of carbonyl (C=O) groups excluding carboxylic acids is 2. The number of anilines is 1. The van der Waals surface area contributed by atoms with Crippen LogP contribution in [0.4, 0.5) is 10.1 Å². The standard InChI is InChI=1S/C28H25FN4O4S/c1-36-21-11-5-18(6-12-21)24-15-23(17-3-7-19(29)8-4-17)32-33(24)28-31-27(35)25(38-28)16-26(34)30-20-9-13-22(37-2)14-10-20/h3-14,24-25H,15-16H2,1-2H3,(H,30,34)/t24-,25+/m1/s1. The van der Waals surface area contributed by atoms with Gasteiger partial charge in [0.25, 0.3) is 5.91 Å². The number of thioether (sulfide) groups is 1. The van der Waals surface area contributed by atoms with Crippen LogP contribution in [0.2, 0.25) is 0 Å². The molecule has 0 saturated carbocycles. The summed E-state index contributed by atoms with van der Waals surface area (Å²) in [6, 6.07) is 20.5. The number of benzene rings is 3. The summed E-state index contributed by atoms with van der Waals surface area (Å²) in [5.74, 6) is 0.409. The topological polar surface area (TPSA) is 92.6 Å². The molecule has 0 saturated heterocycles. The number of nitrogens with zero attached hydrogens (tertiary/aromatic N) is 3. The van der Waals surface area contributed by atoms with Crippen molar-refractivity contribution in [3.05, 3.63) is 89.7 Å². The third kappa shape index (κ3) is 5.55. The van der Waals surface area contributed by atoms with Gasteiger partial charge < -0.3 is 14.8 Å². The highest BCUT2D eigenvalue weighted by molar-refractivity contribution is 8.15. The molecule has 194 valence electrons. The lowest BCUT2D eigenvalue weighted by Gasteiger charge is -2.23. The first-order chi connectivity index (χ1) is 18.4. The van der Waals surface area contributed by atoms with Crippen molar-refractivity contribution >= 4 is 40.1 Å². The average molecular weight is 533 g/mol. The number of rotatable bonds is 7. The number of methoxy groups -OCH3 is 2. The van der Waals surface area contributed by atoms with Gasteiger partial charge in [0.15, 0.2) is 5.17 Å². The van der Waals surface area contributed by atoms with Gasteiger partial charge in [0.05, 0.1) is 26.0 Å². The van der Waals surface area contributed by atoms with E-state index in [9.17, 15) is 14.0 Å². The van der Waals surface area contributed by atoms with E-state index in [-0.39, 0.29) is 30.1 Å². The van der Waals surface area contributed by atoms with Crippen LogP contribution in [0.15, 0.2) is 82.9 Å². The third-order valence-electron chi connectivity index (χ3n) is 6.26. The van der Waals surface area contributed by atoms with Gasteiger partial charge in [-0.2, -0.15) is 10.1 Å². The monoisotopic (exact) mass is 532 g/mol. The number of hydrazone groups is 1. The quantitative estimate of drug-likeness (QED) is 0.459. The van der Waals surface area contributed by atoms with Crippen LogP contribution >= 0.6 is 11.8 Å². The van der Waals surface area contributed by atoms with Gasteiger partial charge in [-0.1, -0.05) is 36.0 Å². The highest BCUT2D eigenvalue weighted by Crippen LogP contribution is 2.39. The van der Waals surface area contributed by atoms with Crippen LogP contribution in [0.25, 0.3) is 0 Å². The van der Waals surface area contributed by atoms with Crippen molar-refractivity contribution in [2.75, 3.05) is 19.5 Å². The predicted molar refractivity (Wildman–Crippen MR) is 145 cm³/mol. The maximum atomic E-state index is 13.5. The molecule has 3 aromatic carbocycles. The molecule has 10 heteroatoms. The second-order valence-corrected chi connectivity index (χ2v) is 9.88. The van der Waals surface area contributed by atoms with Gasteiger partial charge in [-0.25, -0.2) is 9.40 Å². The maximum absolute atomic E-state index is 13.5. The third-order valence-corrected chi connectivity index (χ3v) is 7.40. The molecule has 2 amide bonds. The van der Waals surface area contributed by atoms with Gasteiger partial charge in [0.2, 0.25) is 5.91 Å². The normalized spacial score (nSPS) is 18.7. The smallest absolute Gasteiger partial charge is 0.262 e. The van der Waals surface area contributed by atoms with E-state index < -0.39 is 5.25 Å². The second-order valence-electron chi connectivity index (χ2n) is 8.71. The largest absolute Gasteiger partial charge is 0.497 e. The summed E-state index contributed by atoms with van der Waals surface area (Å²) in [6.45, 7) is 0. The molecular weight excluding hydrogens is 507 g/mol. The van der Waals surface area contributed by atoms with Crippen molar-refractivity contribution in [3.63, 3.8) is 0 Å². The summed E-state index contributed by atoms with van der Waals surface area (Å²) in [7, 11) is 3.17. The molecule has 2 aliphatic rings. The molecule has 0 bridgehead atoms. The molecule has 0 radical (unpaired) electrons. The Labute approximate surface area is 223 Å². The number of aliphatic imine (C=N–C) groups is 1. The molecule has 2 aliphatic heterocycles. The first-order valence-electron chi connectivity index (χ1n) is 11.9. The predicted octanol–water partition coefficient (Wildman–Crippen LogP) is 5.02. The number of hydrogen-bond acceptors (Lipinski definition) is 7. The SMILES string of the molecule is COc1ccc(NC(=O)C[C@@H]2SC(N3N=C(c4ccc(F)cc4)C[C@@H]3c3ccc(OC)cc3)=NC2=O)cc1. The average Bonchev–Trinajstić information content (AvgIpc) is 3.53. The zero-order valence-electron chi connectivity index (χ0n) is 20.8. The Hall–Kier alpha value is -4.18. The summed E-state index contributed by atoms with van der Waals surface area (Å²) in [5.41, 5.74) is 3.11. The molecule has 8 nitrogen and oxygen atoms in total. The van der Waals surface area contributed by atoms with Gasteiger partial charge >= 0.3 is 0 Å². The highest BCUT2D eigenvalue weighted by Gasteiger charge is 2.39. The lowest BCUT2D eigenvalue weighted by Crippen LogP contribution is -2.25. The van der Waals surface area contributed by atoms with Crippen molar-refractivity contribution in [3.8, 4) is 11.5 Å². The van der Waals surface area contributed by atoms with Crippen molar-refractivity contribution in [2.45, 2.75) is 24.1 Å². The summed E-state index contributed by atoms with van der Waals surface area (Å²) in [6.07, 6.45) is 0.506. The van der Waals surface area contributed by atoms with Gasteiger partial charge in [-0.15, -0.1) is 0 Å². The van der Waals surface area contributed by atoms with Gasteiger partial charge in [0.1, 0.15) is 22.6 Å². The molecule has 3 aromatic rings. The Morgan fingerprint density at radius 2 is 1.63 bits per heavy atom. The van der Waals surface area contributed by atoms with Crippen LogP contribution < -0.4 is 14.8 Å². The zero-order valence-corrected chi connectivity index (χ0v) is 21.6. The summed E-state index contributed by atoms with van der Waals surface area (Å²) < 4.78 is 23.9. The van der Waals surface area contributed by atoms with Crippen LogP contribution in [0.3, 0.4) is 0 Å². The summed E-state index contributed by atoms with van der Waals surface area (Å²) in [5, 5.41) is 9.08. The van der Waals surface area contributed by atoms with E-state index in [1.807, 2.05) is 24.3 Å². The minimum absolute atomic E-state index is 0.0297. The lowest BCUT2D eigenvalue weighted by molar-refractivity contribution is -0.121. The molecule has 0 aliphatic carbocycles. The molecule has 0 unspecified atom stereocenters. The first-order valence-corrected chi connectivity index (χ1v) is 12.8. The van der Waals surface area contributed by atoms with E-state index in [4.69, 9.17) is 14.6 Å². The van der Waals surface area contributed by atoms with Gasteiger partial charge in [-0.3, -0.25) is 9.59 Å². The fourth-order valence-electron chi connectivity index (χ4n) is 4.25. The molecule has 0 aromatic heterocycles. The van der Waals surface area contributed by atoms with E-state index in [2.05, 4.69) is 10.3 Å². The van der Waals surface area contributed by atoms with Crippen LogP contribution in [0.5, 0.6) is 11.5 Å².